The molecule has 0 bridgehead atoms. The van der Waals surface area contributed by atoms with Crippen molar-refractivity contribution in [3.63, 3.8) is 0 Å². The lowest BCUT2D eigenvalue weighted by Crippen LogP contribution is -1.98. The molecule has 132 valence electrons. The van der Waals surface area contributed by atoms with Crippen LogP contribution in [0.1, 0.15) is 48.0 Å². The van der Waals surface area contributed by atoms with Gasteiger partial charge in [0, 0.05) is 0 Å². The molecule has 0 N–H and O–H groups in total. The second-order valence-corrected chi connectivity index (χ2v) is 8.43. The van der Waals surface area contributed by atoms with Crippen molar-refractivity contribution in [3.05, 3.63) is 69.7 Å². The van der Waals surface area contributed by atoms with E-state index in [-0.39, 0.29) is 15.6 Å². The molecule has 0 aromatic heterocycles. The van der Waals surface area contributed by atoms with Gasteiger partial charge in [0.25, 0.3) is 0 Å². The van der Waals surface area contributed by atoms with Crippen LogP contribution >= 0.6 is 31.0 Å². The molecule has 0 aliphatic carbocycles. The number of benzene rings is 2. The van der Waals surface area contributed by atoms with Crippen molar-refractivity contribution >= 4 is 36.5 Å². The van der Waals surface area contributed by atoms with Gasteiger partial charge < -0.3 is 0 Å². The summed E-state index contributed by atoms with van der Waals surface area (Å²) >= 11 is 12.0. The number of hydrogen-bond acceptors (Lipinski definition) is 2. The Hall–Kier alpha value is -1.21. The largest absolute Gasteiger partial charge is 0.420 e. The third-order valence-electron chi connectivity index (χ3n) is 4.07. The maximum atomic E-state index is 12.3. The lowest BCUT2D eigenvalue weighted by Gasteiger charge is -2.01. The summed E-state index contributed by atoms with van der Waals surface area (Å²) in [6.07, 6.45) is 6.66. The van der Waals surface area contributed by atoms with Gasteiger partial charge in [0.1, 0.15) is 5.56 Å². The zero-order chi connectivity index (χ0) is 18.1. The van der Waals surface area contributed by atoms with E-state index in [2.05, 4.69) is 24.3 Å². The second-order valence-electron chi connectivity index (χ2n) is 6.01. The van der Waals surface area contributed by atoms with Crippen molar-refractivity contribution in [1.82, 2.24) is 0 Å². The van der Waals surface area contributed by atoms with Crippen LogP contribution in [0.2, 0.25) is 10.0 Å². The summed E-state index contributed by atoms with van der Waals surface area (Å²) in [5.41, 5.74) is 1.12. The molecule has 5 heteroatoms. The summed E-state index contributed by atoms with van der Waals surface area (Å²) in [5, 5.41) is 0.531. The molecule has 0 aliphatic rings. The standard InChI is InChI=1S/C20H22Cl2O2P/c21-17-13-9-14-18(22)19(17)20(23)25(24)15-8-3-1-2-5-10-16-11-6-4-7-12-16/h4,6-7,9,11-14H,1-3,5,8,10,15H2/q+1. The van der Waals surface area contributed by atoms with E-state index in [1.165, 1.54) is 5.56 Å². The molecule has 0 aliphatic heterocycles. The van der Waals surface area contributed by atoms with Crippen molar-refractivity contribution in [1.29, 1.82) is 0 Å². The Morgan fingerprint density at radius 1 is 0.800 bits per heavy atom. The molecule has 0 spiro atoms. The fourth-order valence-electron chi connectivity index (χ4n) is 2.69. The van der Waals surface area contributed by atoms with Crippen LogP contribution in [0.3, 0.4) is 0 Å². The molecule has 1 atom stereocenters. The van der Waals surface area contributed by atoms with Crippen molar-refractivity contribution in [3.8, 4) is 0 Å². The van der Waals surface area contributed by atoms with Crippen molar-refractivity contribution in [2.24, 2.45) is 0 Å². The van der Waals surface area contributed by atoms with Crippen LogP contribution in [-0.2, 0) is 11.0 Å². The lowest BCUT2D eigenvalue weighted by molar-refractivity contribution is 0.107. The van der Waals surface area contributed by atoms with E-state index in [0.29, 0.717) is 6.16 Å². The van der Waals surface area contributed by atoms with Crippen LogP contribution in [0.15, 0.2) is 48.5 Å². The fraction of sp³-hybridized carbons (Fsp3) is 0.350. The molecule has 0 saturated heterocycles. The van der Waals surface area contributed by atoms with Crippen LogP contribution in [0.25, 0.3) is 0 Å². The first-order valence-corrected chi connectivity index (χ1v) is 10.8. The summed E-state index contributed by atoms with van der Waals surface area (Å²) in [7, 11) is -1.97. The Balaban J connectivity index is 1.64. The van der Waals surface area contributed by atoms with Gasteiger partial charge in [-0.1, -0.05) is 77.0 Å². The minimum atomic E-state index is -1.97. The number of aryl methyl sites for hydroxylation is 1. The first-order valence-electron chi connectivity index (χ1n) is 8.56. The summed E-state index contributed by atoms with van der Waals surface area (Å²) in [5.74, 6) is 0. The average molecular weight is 396 g/mol. The summed E-state index contributed by atoms with van der Waals surface area (Å²) in [6, 6.07) is 15.3. The number of unbranched alkanes of at least 4 members (excludes halogenated alkanes) is 4. The zero-order valence-electron chi connectivity index (χ0n) is 14.1. The highest BCUT2D eigenvalue weighted by atomic mass is 35.5. The van der Waals surface area contributed by atoms with Gasteiger partial charge in [0.2, 0.25) is 0 Å². The van der Waals surface area contributed by atoms with Gasteiger partial charge in [-0.3, -0.25) is 0 Å². The van der Waals surface area contributed by atoms with E-state index in [9.17, 15) is 9.36 Å². The highest BCUT2D eigenvalue weighted by molar-refractivity contribution is 7.64. The van der Waals surface area contributed by atoms with E-state index < -0.39 is 13.3 Å². The molecule has 25 heavy (non-hydrogen) atoms. The van der Waals surface area contributed by atoms with E-state index in [1.54, 1.807) is 18.2 Å². The van der Waals surface area contributed by atoms with Crippen LogP contribution in [-0.4, -0.2) is 11.7 Å². The minimum Gasteiger partial charge on any atom is -0.234 e. The van der Waals surface area contributed by atoms with E-state index >= 15 is 0 Å². The molecule has 0 saturated carbocycles. The normalized spacial score (nSPS) is 11.4. The van der Waals surface area contributed by atoms with Crippen molar-refractivity contribution < 1.29 is 9.36 Å². The SMILES string of the molecule is O=C(c1c(Cl)cccc1Cl)[P+](=O)CCCCCCCc1ccccc1. The third kappa shape index (κ3) is 6.55. The van der Waals surface area contributed by atoms with Crippen LogP contribution < -0.4 is 0 Å². The van der Waals surface area contributed by atoms with Gasteiger partial charge in [-0.2, -0.15) is 0 Å². The Kier molecular flexibility index (Phi) is 8.61. The Bertz CT molecular complexity index is 697. The first kappa shape index (κ1) is 20.1. The quantitative estimate of drug-likeness (QED) is 0.316. The number of carbonyl (C=O) groups excluding carboxylic acids is 1. The average Bonchev–Trinajstić information content (AvgIpc) is 2.61. The summed E-state index contributed by atoms with van der Waals surface area (Å²) in [6.45, 7) is 0. The molecule has 0 fully saturated rings. The number of hydrogen-bond donors (Lipinski definition) is 0. The predicted octanol–water partition coefficient (Wildman–Crippen LogP) is 7.15. The van der Waals surface area contributed by atoms with Gasteiger partial charge in [-0.15, -0.1) is 0 Å². The molecule has 2 nitrogen and oxygen atoms in total. The van der Waals surface area contributed by atoms with Crippen LogP contribution in [0, 0.1) is 0 Å². The number of rotatable bonds is 10. The molecule has 0 heterocycles. The molecule has 2 aromatic rings. The predicted molar refractivity (Wildman–Crippen MR) is 106 cm³/mol. The Morgan fingerprint density at radius 3 is 2.08 bits per heavy atom. The summed E-state index contributed by atoms with van der Waals surface area (Å²) < 4.78 is 12.2. The maximum Gasteiger partial charge on any atom is 0.420 e. The van der Waals surface area contributed by atoms with Crippen molar-refractivity contribution in [2.75, 3.05) is 6.16 Å². The van der Waals surface area contributed by atoms with E-state index in [1.807, 2.05) is 6.07 Å². The third-order valence-corrected chi connectivity index (χ3v) is 6.10. The highest BCUT2D eigenvalue weighted by Gasteiger charge is 2.32. The van der Waals surface area contributed by atoms with Gasteiger partial charge >= 0.3 is 13.3 Å². The molecule has 0 radical (unpaired) electrons. The van der Waals surface area contributed by atoms with E-state index in [0.717, 1.165) is 38.5 Å². The molecule has 1 unspecified atom stereocenters. The zero-order valence-corrected chi connectivity index (χ0v) is 16.5. The molecule has 2 aromatic carbocycles. The second kappa shape index (κ2) is 10.7. The highest BCUT2D eigenvalue weighted by Crippen LogP contribution is 2.35. The van der Waals surface area contributed by atoms with Gasteiger partial charge in [0.05, 0.1) is 10.0 Å². The minimum absolute atomic E-state index is 0.190. The van der Waals surface area contributed by atoms with Gasteiger partial charge in [0.15, 0.2) is 6.16 Å². The van der Waals surface area contributed by atoms with Crippen LogP contribution in [0.5, 0.6) is 0 Å². The first-order chi connectivity index (χ1) is 12.1. The number of carbonyl (C=O) groups is 1. The maximum absolute atomic E-state index is 12.3. The molecular formula is C20H22Cl2O2P+. The fourth-order valence-corrected chi connectivity index (χ4v) is 4.59. The Morgan fingerprint density at radius 2 is 1.40 bits per heavy atom. The van der Waals surface area contributed by atoms with Gasteiger partial charge in [-0.25, -0.2) is 4.79 Å². The Labute approximate surface area is 160 Å². The van der Waals surface area contributed by atoms with Crippen molar-refractivity contribution in [2.45, 2.75) is 38.5 Å². The van der Waals surface area contributed by atoms with E-state index in [4.69, 9.17) is 23.2 Å². The van der Waals surface area contributed by atoms with Gasteiger partial charge in [-0.05, 0) is 43.4 Å². The molecular weight excluding hydrogens is 374 g/mol. The monoisotopic (exact) mass is 395 g/mol. The number of halogens is 2. The topological polar surface area (TPSA) is 34.1 Å². The molecule has 0 amide bonds. The smallest absolute Gasteiger partial charge is 0.234 e. The van der Waals surface area contributed by atoms with Crippen LogP contribution in [0.4, 0.5) is 0 Å². The summed E-state index contributed by atoms with van der Waals surface area (Å²) in [4.78, 5) is 12.3. The lowest BCUT2D eigenvalue weighted by atomic mass is 10.1. The molecule has 2 rings (SSSR count).